The van der Waals surface area contributed by atoms with Gasteiger partial charge in [0.1, 0.15) is 0 Å². The molecular formula is C12H23NOS. The minimum atomic E-state index is 0.208. The van der Waals surface area contributed by atoms with Crippen LogP contribution >= 0.6 is 11.8 Å². The second kappa shape index (κ2) is 4.27. The van der Waals surface area contributed by atoms with Crippen LogP contribution in [0.25, 0.3) is 0 Å². The van der Waals surface area contributed by atoms with Gasteiger partial charge < -0.3 is 10.5 Å². The highest BCUT2D eigenvalue weighted by atomic mass is 32.2. The van der Waals surface area contributed by atoms with E-state index in [0.29, 0.717) is 0 Å². The van der Waals surface area contributed by atoms with Gasteiger partial charge in [0.25, 0.3) is 0 Å². The summed E-state index contributed by atoms with van der Waals surface area (Å²) in [5, 5.41) is 0. The first-order valence-corrected chi connectivity index (χ1v) is 7.15. The third-order valence-corrected chi connectivity index (χ3v) is 5.41. The molecule has 2 rings (SSSR count). The third-order valence-electron chi connectivity index (χ3n) is 4.19. The summed E-state index contributed by atoms with van der Waals surface area (Å²) in [5.74, 6) is 3.22. The van der Waals surface area contributed by atoms with Crippen molar-refractivity contribution in [1.29, 1.82) is 0 Å². The van der Waals surface area contributed by atoms with Gasteiger partial charge in [0.2, 0.25) is 0 Å². The summed E-state index contributed by atoms with van der Waals surface area (Å²) < 4.78 is 6.03. The minimum Gasteiger partial charge on any atom is -0.374 e. The Morgan fingerprint density at radius 2 is 2.33 bits per heavy atom. The molecular weight excluding hydrogens is 206 g/mol. The summed E-state index contributed by atoms with van der Waals surface area (Å²) >= 11 is 2.04. The molecule has 0 aromatic carbocycles. The SMILES string of the molecule is CC(C)(CN)C1CCOC2(CCSC2)C1. The maximum absolute atomic E-state index is 6.03. The summed E-state index contributed by atoms with van der Waals surface area (Å²) in [7, 11) is 0. The van der Waals surface area contributed by atoms with Crippen molar-refractivity contribution in [3.8, 4) is 0 Å². The molecule has 2 nitrogen and oxygen atoms in total. The highest BCUT2D eigenvalue weighted by molar-refractivity contribution is 7.99. The van der Waals surface area contributed by atoms with Crippen molar-refractivity contribution in [3.05, 3.63) is 0 Å². The van der Waals surface area contributed by atoms with E-state index in [-0.39, 0.29) is 11.0 Å². The van der Waals surface area contributed by atoms with E-state index in [0.717, 1.165) is 19.1 Å². The number of rotatable bonds is 2. The first-order valence-electron chi connectivity index (χ1n) is 6.00. The topological polar surface area (TPSA) is 35.2 Å². The molecule has 2 heterocycles. The predicted octanol–water partition coefficient (Wildman–Crippen LogP) is 2.27. The van der Waals surface area contributed by atoms with Crippen LogP contribution < -0.4 is 5.73 Å². The average Bonchev–Trinajstić information content (AvgIpc) is 2.66. The van der Waals surface area contributed by atoms with Gasteiger partial charge in [-0.05, 0) is 42.9 Å². The summed E-state index contributed by atoms with van der Waals surface area (Å²) in [6.07, 6.45) is 3.66. The fraction of sp³-hybridized carbons (Fsp3) is 1.00. The van der Waals surface area contributed by atoms with Gasteiger partial charge in [0.15, 0.2) is 0 Å². The van der Waals surface area contributed by atoms with E-state index in [1.165, 1.54) is 30.8 Å². The van der Waals surface area contributed by atoms with Gasteiger partial charge in [-0.3, -0.25) is 0 Å². The molecule has 15 heavy (non-hydrogen) atoms. The Morgan fingerprint density at radius 3 is 2.93 bits per heavy atom. The molecule has 2 unspecified atom stereocenters. The Labute approximate surface area is 97.3 Å². The molecule has 0 aliphatic carbocycles. The fourth-order valence-electron chi connectivity index (χ4n) is 2.72. The van der Waals surface area contributed by atoms with Crippen molar-refractivity contribution in [2.45, 2.75) is 38.7 Å². The van der Waals surface area contributed by atoms with E-state index < -0.39 is 0 Å². The lowest BCUT2D eigenvalue weighted by Gasteiger charge is -2.44. The second-order valence-corrected chi connectivity index (χ2v) is 6.82. The van der Waals surface area contributed by atoms with E-state index in [4.69, 9.17) is 10.5 Å². The zero-order valence-electron chi connectivity index (χ0n) is 9.92. The smallest absolute Gasteiger partial charge is 0.0783 e. The zero-order valence-corrected chi connectivity index (χ0v) is 10.7. The maximum Gasteiger partial charge on any atom is 0.0783 e. The third kappa shape index (κ3) is 2.34. The van der Waals surface area contributed by atoms with E-state index in [1.807, 2.05) is 11.8 Å². The Hall–Kier alpha value is 0.270. The normalized spacial score (nSPS) is 37.4. The summed E-state index contributed by atoms with van der Waals surface area (Å²) in [6.45, 7) is 6.34. The van der Waals surface area contributed by atoms with Crippen LogP contribution in [0.15, 0.2) is 0 Å². The molecule has 0 radical (unpaired) electrons. The lowest BCUT2D eigenvalue weighted by atomic mass is 9.70. The Kier molecular flexibility index (Phi) is 3.34. The predicted molar refractivity (Wildman–Crippen MR) is 66.2 cm³/mol. The highest BCUT2D eigenvalue weighted by Crippen LogP contribution is 2.45. The van der Waals surface area contributed by atoms with Gasteiger partial charge in [-0.2, -0.15) is 11.8 Å². The molecule has 2 aliphatic heterocycles. The van der Waals surface area contributed by atoms with Crippen LogP contribution in [0.1, 0.15) is 33.1 Å². The van der Waals surface area contributed by atoms with Crippen molar-refractivity contribution >= 4 is 11.8 Å². The van der Waals surface area contributed by atoms with E-state index in [2.05, 4.69) is 13.8 Å². The molecule has 2 aliphatic rings. The van der Waals surface area contributed by atoms with Gasteiger partial charge in [-0.15, -0.1) is 0 Å². The largest absolute Gasteiger partial charge is 0.374 e. The molecule has 1 spiro atoms. The van der Waals surface area contributed by atoms with Crippen LogP contribution in [0.4, 0.5) is 0 Å². The van der Waals surface area contributed by atoms with Crippen molar-refractivity contribution in [3.63, 3.8) is 0 Å². The van der Waals surface area contributed by atoms with Crippen molar-refractivity contribution in [2.75, 3.05) is 24.7 Å². The molecule has 2 fully saturated rings. The minimum absolute atomic E-state index is 0.208. The first kappa shape index (κ1) is 11.7. The van der Waals surface area contributed by atoms with Crippen molar-refractivity contribution in [2.24, 2.45) is 17.1 Å². The standard InChI is InChI=1S/C12H23NOS/c1-11(2,8-13)10-3-5-14-12(7-10)4-6-15-9-12/h10H,3-9,13H2,1-2H3. The molecule has 0 aromatic heterocycles. The van der Waals surface area contributed by atoms with Crippen molar-refractivity contribution < 1.29 is 4.74 Å². The number of hydrogen-bond donors (Lipinski definition) is 1. The van der Waals surface area contributed by atoms with Crippen LogP contribution in [0, 0.1) is 11.3 Å². The molecule has 3 heteroatoms. The van der Waals surface area contributed by atoms with Crippen molar-refractivity contribution in [1.82, 2.24) is 0 Å². The average molecular weight is 229 g/mol. The highest BCUT2D eigenvalue weighted by Gasteiger charge is 2.44. The maximum atomic E-state index is 6.03. The monoisotopic (exact) mass is 229 g/mol. The van der Waals surface area contributed by atoms with Crippen LogP contribution in [-0.4, -0.2) is 30.3 Å². The quantitative estimate of drug-likeness (QED) is 0.789. The Morgan fingerprint density at radius 1 is 1.53 bits per heavy atom. The summed E-state index contributed by atoms with van der Waals surface area (Å²) in [4.78, 5) is 0. The Bertz CT molecular complexity index is 224. The van der Waals surface area contributed by atoms with Gasteiger partial charge >= 0.3 is 0 Å². The molecule has 2 atom stereocenters. The molecule has 2 saturated heterocycles. The summed E-state index contributed by atoms with van der Waals surface area (Å²) in [6, 6.07) is 0. The Balaban J connectivity index is 2.03. The van der Waals surface area contributed by atoms with Crippen LogP contribution in [0.5, 0.6) is 0 Å². The van der Waals surface area contributed by atoms with E-state index in [1.54, 1.807) is 0 Å². The molecule has 0 aromatic rings. The van der Waals surface area contributed by atoms with Gasteiger partial charge in [-0.25, -0.2) is 0 Å². The molecule has 0 bridgehead atoms. The van der Waals surface area contributed by atoms with Crippen LogP contribution in [0.2, 0.25) is 0 Å². The fourth-order valence-corrected chi connectivity index (χ4v) is 4.10. The molecule has 2 N–H and O–H groups in total. The van der Waals surface area contributed by atoms with E-state index in [9.17, 15) is 0 Å². The van der Waals surface area contributed by atoms with Crippen LogP contribution in [0.3, 0.4) is 0 Å². The molecule has 88 valence electrons. The van der Waals surface area contributed by atoms with E-state index >= 15 is 0 Å². The number of ether oxygens (including phenoxy) is 1. The molecule has 0 saturated carbocycles. The number of thioether (sulfide) groups is 1. The second-order valence-electron chi connectivity index (χ2n) is 5.72. The summed E-state index contributed by atoms with van der Waals surface area (Å²) in [5.41, 5.74) is 6.37. The molecule has 0 amide bonds. The van der Waals surface area contributed by atoms with Crippen LogP contribution in [-0.2, 0) is 4.74 Å². The lowest BCUT2D eigenvalue weighted by Crippen LogP contribution is -2.45. The van der Waals surface area contributed by atoms with Gasteiger partial charge in [-0.1, -0.05) is 13.8 Å². The number of hydrogen-bond acceptors (Lipinski definition) is 3. The number of nitrogens with two attached hydrogens (primary N) is 1. The lowest BCUT2D eigenvalue weighted by molar-refractivity contribution is -0.0987. The van der Waals surface area contributed by atoms with Gasteiger partial charge in [0, 0.05) is 12.4 Å². The van der Waals surface area contributed by atoms with Gasteiger partial charge in [0.05, 0.1) is 5.60 Å². The first-order chi connectivity index (χ1) is 7.08. The zero-order chi connectivity index (χ0) is 10.9.